The Balaban J connectivity index is 1.69. The average Bonchev–Trinajstić information content (AvgIpc) is 2.96. The Morgan fingerprint density at radius 2 is 2.00 bits per heavy atom. The van der Waals surface area contributed by atoms with E-state index < -0.39 is 0 Å². The highest BCUT2D eigenvalue weighted by Crippen LogP contribution is 2.21. The van der Waals surface area contributed by atoms with Crippen molar-refractivity contribution in [2.45, 2.75) is 10.9 Å². The van der Waals surface area contributed by atoms with Crippen molar-refractivity contribution < 1.29 is 0 Å². The minimum Gasteiger partial charge on any atom is -0.341 e. The van der Waals surface area contributed by atoms with E-state index in [1.165, 1.54) is 17.6 Å². The molecule has 0 radical (unpaired) electrons. The molecule has 0 aliphatic carbocycles. The van der Waals surface area contributed by atoms with Crippen LogP contribution in [0.2, 0.25) is 0 Å². The minimum atomic E-state index is -0.203. The average molecular weight is 306 g/mol. The molecule has 2 heterocycles. The number of nitrogens with one attached hydrogen (secondary N) is 1. The second-order valence-electron chi connectivity index (χ2n) is 4.10. The number of anilines is 1. The maximum Gasteiger partial charge on any atom is 0.169 e. The smallest absolute Gasteiger partial charge is 0.169 e. The van der Waals surface area contributed by atoms with Gasteiger partial charge >= 0.3 is 0 Å². The molecule has 0 aromatic heterocycles. The van der Waals surface area contributed by atoms with Crippen LogP contribution in [0.4, 0.5) is 5.69 Å². The Hall–Kier alpha value is -1.66. The summed E-state index contributed by atoms with van der Waals surface area (Å²) in [7, 11) is 0. The van der Waals surface area contributed by atoms with Crippen molar-refractivity contribution in [1.29, 1.82) is 0 Å². The third-order valence-corrected chi connectivity index (χ3v) is 4.20. The molecule has 3 rings (SSSR count). The Labute approximate surface area is 126 Å². The topological polar surface area (TPSA) is 61.5 Å². The summed E-state index contributed by atoms with van der Waals surface area (Å²) in [5.74, 6) is 2.99. The monoisotopic (exact) mass is 305 g/mol. The first kappa shape index (κ1) is 13.3. The van der Waals surface area contributed by atoms with E-state index in [4.69, 9.17) is 11.6 Å². The number of fused-ring (bicyclic) bond motifs is 1. The second kappa shape index (κ2) is 6.19. The molecule has 0 spiro atoms. The lowest BCUT2D eigenvalue weighted by Gasteiger charge is -2.16. The number of hydrogen-bond acceptors (Lipinski definition) is 6. The molecule has 102 valence electrons. The normalized spacial score (nSPS) is 19.6. The molecule has 7 heteroatoms. The van der Waals surface area contributed by atoms with Crippen LogP contribution in [0.1, 0.15) is 0 Å². The Morgan fingerprint density at radius 1 is 1.15 bits per heavy atom. The largest absolute Gasteiger partial charge is 0.341 e. The third-order valence-electron chi connectivity index (χ3n) is 2.77. The van der Waals surface area contributed by atoms with Gasteiger partial charge in [0.1, 0.15) is 18.5 Å². The van der Waals surface area contributed by atoms with Gasteiger partial charge in [-0.25, -0.2) is 15.0 Å². The molecular weight excluding hydrogens is 294 g/mol. The van der Waals surface area contributed by atoms with Crippen LogP contribution in [-0.2, 0) is 0 Å². The lowest BCUT2D eigenvalue weighted by atomic mass is 10.2. The number of alkyl halides is 1. The lowest BCUT2D eigenvalue weighted by Crippen LogP contribution is -2.33. The fraction of sp³-hybridized carbons (Fsp3) is 0.231. The van der Waals surface area contributed by atoms with Gasteiger partial charge < -0.3 is 5.32 Å². The predicted octanol–water partition coefficient (Wildman–Crippen LogP) is 2.68. The zero-order valence-corrected chi connectivity index (χ0v) is 12.1. The number of halogens is 1. The fourth-order valence-electron chi connectivity index (χ4n) is 1.85. The van der Waals surface area contributed by atoms with Crippen LogP contribution in [0.25, 0.3) is 0 Å². The SMILES string of the molecule is ClCCSc1ccc(NC2=NC=NC3=NC=NC32)cc1. The van der Waals surface area contributed by atoms with Crippen molar-refractivity contribution in [2.24, 2.45) is 20.0 Å². The van der Waals surface area contributed by atoms with Crippen LogP contribution >= 0.6 is 23.4 Å². The van der Waals surface area contributed by atoms with Gasteiger partial charge in [0.05, 0.1) is 0 Å². The lowest BCUT2D eigenvalue weighted by molar-refractivity contribution is 1.13. The minimum absolute atomic E-state index is 0.203. The van der Waals surface area contributed by atoms with Crippen molar-refractivity contribution >= 4 is 53.4 Å². The van der Waals surface area contributed by atoms with Crippen molar-refractivity contribution in [2.75, 3.05) is 16.9 Å². The number of amidine groups is 2. The maximum absolute atomic E-state index is 5.68. The summed E-state index contributed by atoms with van der Waals surface area (Å²) in [5, 5.41) is 3.26. The number of nitrogens with zero attached hydrogens (tertiary/aromatic N) is 4. The Kier molecular flexibility index (Phi) is 4.13. The van der Waals surface area contributed by atoms with E-state index in [0.29, 0.717) is 11.7 Å². The molecule has 20 heavy (non-hydrogen) atoms. The van der Waals surface area contributed by atoms with E-state index in [9.17, 15) is 0 Å². The van der Waals surface area contributed by atoms with Crippen LogP contribution in [-0.4, -0.2) is 42.0 Å². The predicted molar refractivity (Wildman–Crippen MR) is 87.2 cm³/mol. The van der Waals surface area contributed by atoms with Gasteiger partial charge in [-0.15, -0.1) is 23.4 Å². The van der Waals surface area contributed by atoms with Gasteiger partial charge in [0.2, 0.25) is 0 Å². The number of hydrogen-bond donors (Lipinski definition) is 1. The first-order valence-electron chi connectivity index (χ1n) is 6.12. The molecule has 2 aliphatic rings. The van der Waals surface area contributed by atoms with Crippen LogP contribution < -0.4 is 5.32 Å². The molecule has 1 N–H and O–H groups in total. The van der Waals surface area contributed by atoms with Crippen molar-refractivity contribution in [3.05, 3.63) is 24.3 Å². The Bertz CT molecular complexity index is 606. The molecule has 2 aliphatic heterocycles. The molecule has 1 atom stereocenters. The summed E-state index contributed by atoms with van der Waals surface area (Å²) < 4.78 is 0. The van der Waals surface area contributed by atoms with E-state index in [0.717, 1.165) is 17.3 Å². The van der Waals surface area contributed by atoms with E-state index in [-0.39, 0.29) is 6.04 Å². The van der Waals surface area contributed by atoms with E-state index in [2.05, 4.69) is 37.4 Å². The van der Waals surface area contributed by atoms with Crippen LogP contribution in [0.15, 0.2) is 49.1 Å². The third kappa shape index (κ3) is 2.91. The highest BCUT2D eigenvalue weighted by atomic mass is 35.5. The molecule has 0 saturated carbocycles. The summed E-state index contributed by atoms with van der Waals surface area (Å²) in [6, 6.07) is 7.94. The van der Waals surface area contributed by atoms with Gasteiger partial charge in [-0.1, -0.05) is 0 Å². The van der Waals surface area contributed by atoms with Gasteiger partial charge in [-0.3, -0.25) is 4.99 Å². The summed E-state index contributed by atoms with van der Waals surface area (Å²) in [6.07, 6.45) is 3.02. The van der Waals surface area contributed by atoms with E-state index in [1.807, 2.05) is 12.1 Å². The summed E-state index contributed by atoms with van der Waals surface area (Å²) in [4.78, 5) is 17.8. The van der Waals surface area contributed by atoms with E-state index >= 15 is 0 Å². The van der Waals surface area contributed by atoms with Gasteiger partial charge in [0, 0.05) is 22.2 Å². The molecular formula is C13H12ClN5S. The van der Waals surface area contributed by atoms with Crippen molar-refractivity contribution in [3.8, 4) is 0 Å². The highest BCUT2D eigenvalue weighted by molar-refractivity contribution is 7.99. The molecule has 1 aromatic rings. The number of thioether (sulfide) groups is 1. The molecule has 0 bridgehead atoms. The molecule has 0 saturated heterocycles. The standard InChI is InChI=1S/C13H12ClN5S/c14-5-6-20-10-3-1-9(2-4-10)19-13-11-12(16-7-15-11)17-8-18-13/h1-4,7-8,11H,5-6H2,(H,15,16,17,18,19). The van der Waals surface area contributed by atoms with Gasteiger partial charge in [0.15, 0.2) is 11.9 Å². The first-order chi connectivity index (χ1) is 9.86. The number of rotatable bonds is 4. The molecule has 1 aromatic carbocycles. The van der Waals surface area contributed by atoms with Gasteiger partial charge in [0.25, 0.3) is 0 Å². The molecule has 0 fully saturated rings. The molecule has 5 nitrogen and oxygen atoms in total. The summed E-state index contributed by atoms with van der Waals surface area (Å²) in [6.45, 7) is 0. The molecule has 1 unspecified atom stereocenters. The van der Waals surface area contributed by atoms with Gasteiger partial charge in [-0.05, 0) is 24.3 Å². The number of benzene rings is 1. The van der Waals surface area contributed by atoms with Crippen LogP contribution in [0.5, 0.6) is 0 Å². The van der Waals surface area contributed by atoms with Crippen LogP contribution in [0.3, 0.4) is 0 Å². The zero-order valence-electron chi connectivity index (χ0n) is 10.5. The summed E-state index contributed by atoms with van der Waals surface area (Å²) >= 11 is 7.41. The highest BCUT2D eigenvalue weighted by Gasteiger charge is 2.26. The van der Waals surface area contributed by atoms with Crippen LogP contribution in [0, 0.1) is 0 Å². The molecule has 0 amide bonds. The Morgan fingerprint density at radius 3 is 2.80 bits per heavy atom. The number of aliphatic imine (C=N–C) groups is 4. The van der Waals surface area contributed by atoms with Crippen molar-refractivity contribution in [1.82, 2.24) is 0 Å². The van der Waals surface area contributed by atoms with Crippen molar-refractivity contribution in [3.63, 3.8) is 0 Å². The first-order valence-corrected chi connectivity index (χ1v) is 7.64. The summed E-state index contributed by atoms with van der Waals surface area (Å²) in [5.41, 5.74) is 0.968. The second-order valence-corrected chi connectivity index (χ2v) is 5.65. The maximum atomic E-state index is 5.68. The quantitative estimate of drug-likeness (QED) is 0.686. The van der Waals surface area contributed by atoms with E-state index in [1.54, 1.807) is 11.8 Å². The van der Waals surface area contributed by atoms with Gasteiger partial charge in [-0.2, -0.15) is 0 Å². The zero-order chi connectivity index (χ0) is 13.8. The fourth-order valence-corrected chi connectivity index (χ4v) is 2.73.